The fraction of sp³-hybridized carbons (Fsp3) is 0.647. The van der Waals surface area contributed by atoms with E-state index in [0.717, 1.165) is 12.8 Å². The van der Waals surface area contributed by atoms with E-state index < -0.39 is 9.84 Å². The van der Waals surface area contributed by atoms with Crippen LogP contribution in [0.25, 0.3) is 0 Å². The van der Waals surface area contributed by atoms with Crippen LogP contribution in [0.3, 0.4) is 0 Å². The third-order valence-corrected chi connectivity index (χ3v) is 6.07. The minimum Gasteiger partial charge on any atom is -0.459 e. The monoisotopic (exact) mass is 370 g/mol. The number of nitrogens with zero attached hydrogens (tertiary/aromatic N) is 1. The van der Waals surface area contributed by atoms with Crippen molar-refractivity contribution >= 4 is 21.7 Å². The Morgan fingerprint density at radius 1 is 1.36 bits per heavy atom. The van der Waals surface area contributed by atoms with Gasteiger partial charge in [-0.3, -0.25) is 9.59 Å². The Bertz CT molecular complexity index is 669. The summed E-state index contributed by atoms with van der Waals surface area (Å²) in [5, 5.41) is 2.71. The van der Waals surface area contributed by atoms with Gasteiger partial charge in [-0.2, -0.15) is 0 Å². The van der Waals surface area contributed by atoms with Crippen LogP contribution in [0.15, 0.2) is 22.8 Å². The maximum Gasteiger partial charge on any atom is 0.286 e. The molecule has 0 bridgehead atoms. The molecular formula is C17H26N2O5S. The van der Waals surface area contributed by atoms with Gasteiger partial charge in [-0.25, -0.2) is 8.42 Å². The summed E-state index contributed by atoms with van der Waals surface area (Å²) in [5.74, 6) is 0.127. The Morgan fingerprint density at radius 2 is 2.16 bits per heavy atom. The van der Waals surface area contributed by atoms with Gasteiger partial charge in [-0.05, 0) is 31.4 Å². The molecule has 1 aliphatic heterocycles. The summed E-state index contributed by atoms with van der Waals surface area (Å²) >= 11 is 0. The minimum absolute atomic E-state index is 0.0391. The third-order valence-electron chi connectivity index (χ3n) is 4.32. The first-order chi connectivity index (χ1) is 11.9. The van der Waals surface area contributed by atoms with Crippen LogP contribution in [0.5, 0.6) is 0 Å². The maximum absolute atomic E-state index is 12.5. The van der Waals surface area contributed by atoms with Gasteiger partial charge in [0.05, 0.1) is 17.8 Å². The molecule has 1 aliphatic rings. The van der Waals surface area contributed by atoms with Gasteiger partial charge in [0.2, 0.25) is 5.91 Å². The van der Waals surface area contributed by atoms with Crippen LogP contribution in [0, 0.1) is 0 Å². The van der Waals surface area contributed by atoms with Gasteiger partial charge in [0, 0.05) is 25.6 Å². The second-order valence-corrected chi connectivity index (χ2v) is 8.56. The van der Waals surface area contributed by atoms with E-state index in [0.29, 0.717) is 32.4 Å². The average molecular weight is 370 g/mol. The van der Waals surface area contributed by atoms with Gasteiger partial charge in [-0.1, -0.05) is 13.3 Å². The van der Waals surface area contributed by atoms with Crippen LogP contribution in [-0.4, -0.2) is 55.8 Å². The molecule has 1 fully saturated rings. The van der Waals surface area contributed by atoms with Crippen molar-refractivity contribution in [3.8, 4) is 0 Å². The minimum atomic E-state index is -3.02. The van der Waals surface area contributed by atoms with E-state index in [2.05, 4.69) is 5.32 Å². The van der Waals surface area contributed by atoms with E-state index in [1.165, 1.54) is 6.26 Å². The highest BCUT2D eigenvalue weighted by atomic mass is 32.2. The van der Waals surface area contributed by atoms with Gasteiger partial charge >= 0.3 is 0 Å². The first-order valence-corrected chi connectivity index (χ1v) is 10.6. The van der Waals surface area contributed by atoms with E-state index in [-0.39, 0.29) is 35.1 Å². The molecular weight excluding hydrogens is 344 g/mol. The summed E-state index contributed by atoms with van der Waals surface area (Å²) < 4.78 is 28.4. The summed E-state index contributed by atoms with van der Waals surface area (Å²) in [6.45, 7) is 3.00. The molecule has 0 saturated carbocycles. The van der Waals surface area contributed by atoms with Gasteiger partial charge in [-0.15, -0.1) is 0 Å². The normalized spacial score (nSPS) is 18.8. The maximum atomic E-state index is 12.5. The molecule has 1 N–H and O–H groups in total. The highest BCUT2D eigenvalue weighted by Gasteiger charge is 2.34. The lowest BCUT2D eigenvalue weighted by molar-refractivity contribution is -0.133. The lowest BCUT2D eigenvalue weighted by Crippen LogP contribution is -2.42. The SMILES string of the molecule is CCCCN(C(=O)CCCNC(=O)c1ccco1)C1CCS(=O)(=O)C1. The van der Waals surface area contributed by atoms with Crippen molar-refractivity contribution in [3.05, 3.63) is 24.2 Å². The largest absolute Gasteiger partial charge is 0.459 e. The Balaban J connectivity index is 1.79. The van der Waals surface area contributed by atoms with E-state index >= 15 is 0 Å². The molecule has 8 heteroatoms. The van der Waals surface area contributed by atoms with E-state index in [4.69, 9.17) is 4.42 Å². The second-order valence-electron chi connectivity index (χ2n) is 6.33. The first-order valence-electron chi connectivity index (χ1n) is 8.74. The van der Waals surface area contributed by atoms with E-state index in [1.54, 1.807) is 17.0 Å². The highest BCUT2D eigenvalue weighted by Crippen LogP contribution is 2.19. The molecule has 0 radical (unpaired) electrons. The summed E-state index contributed by atoms with van der Waals surface area (Å²) in [6, 6.07) is 3.01. The van der Waals surface area contributed by atoms with Crippen LogP contribution in [0.2, 0.25) is 0 Å². The van der Waals surface area contributed by atoms with Crippen molar-refractivity contribution in [2.75, 3.05) is 24.6 Å². The van der Waals surface area contributed by atoms with Gasteiger partial charge < -0.3 is 14.6 Å². The van der Waals surface area contributed by atoms with Crippen LogP contribution in [0.1, 0.15) is 49.6 Å². The van der Waals surface area contributed by atoms with Crippen molar-refractivity contribution in [1.82, 2.24) is 10.2 Å². The third kappa shape index (κ3) is 5.88. The zero-order valence-electron chi connectivity index (χ0n) is 14.6. The molecule has 0 spiro atoms. The van der Waals surface area contributed by atoms with Crippen molar-refractivity contribution in [2.45, 2.75) is 45.1 Å². The fourth-order valence-electron chi connectivity index (χ4n) is 2.94. The van der Waals surface area contributed by atoms with Crippen molar-refractivity contribution in [3.63, 3.8) is 0 Å². The number of rotatable bonds is 9. The van der Waals surface area contributed by atoms with E-state index in [9.17, 15) is 18.0 Å². The standard InChI is InChI=1S/C17H26N2O5S/c1-2-3-10-19(14-8-12-25(22,23)13-14)16(20)7-4-9-18-17(21)15-6-5-11-24-15/h5-6,11,14H,2-4,7-10,12-13H2,1H3,(H,18,21). The number of sulfone groups is 1. The molecule has 25 heavy (non-hydrogen) atoms. The zero-order chi connectivity index (χ0) is 18.3. The molecule has 7 nitrogen and oxygen atoms in total. The molecule has 2 amide bonds. The first kappa shape index (κ1) is 19.5. The molecule has 1 atom stereocenters. The average Bonchev–Trinajstić information content (AvgIpc) is 3.21. The molecule has 0 aromatic carbocycles. The fourth-order valence-corrected chi connectivity index (χ4v) is 4.67. The van der Waals surface area contributed by atoms with Crippen LogP contribution in [0.4, 0.5) is 0 Å². The summed E-state index contributed by atoms with van der Waals surface area (Å²) in [6.07, 6.45) is 4.55. The van der Waals surface area contributed by atoms with Gasteiger partial charge in [0.1, 0.15) is 0 Å². The van der Waals surface area contributed by atoms with Crippen molar-refractivity contribution in [2.24, 2.45) is 0 Å². The Hall–Kier alpha value is -1.83. The zero-order valence-corrected chi connectivity index (χ0v) is 15.4. The smallest absolute Gasteiger partial charge is 0.286 e. The number of amides is 2. The molecule has 140 valence electrons. The number of furan rings is 1. The Morgan fingerprint density at radius 3 is 2.76 bits per heavy atom. The van der Waals surface area contributed by atoms with Gasteiger partial charge in [0.15, 0.2) is 15.6 Å². The number of carbonyl (C=O) groups excluding carboxylic acids is 2. The molecule has 2 heterocycles. The predicted molar refractivity (Wildman–Crippen MR) is 94.0 cm³/mol. The highest BCUT2D eigenvalue weighted by molar-refractivity contribution is 7.91. The summed E-state index contributed by atoms with van der Waals surface area (Å²) in [7, 11) is -3.02. The van der Waals surface area contributed by atoms with Crippen molar-refractivity contribution in [1.29, 1.82) is 0 Å². The molecule has 0 aliphatic carbocycles. The molecule has 1 unspecified atom stereocenters. The molecule has 2 rings (SSSR count). The number of unbranched alkanes of at least 4 members (excludes halogenated alkanes) is 1. The van der Waals surface area contributed by atoms with Crippen LogP contribution >= 0.6 is 0 Å². The van der Waals surface area contributed by atoms with Gasteiger partial charge in [0.25, 0.3) is 5.91 Å². The molecule has 1 aromatic heterocycles. The number of carbonyl (C=O) groups is 2. The number of nitrogens with one attached hydrogen (secondary N) is 1. The topological polar surface area (TPSA) is 96.7 Å². The molecule has 1 aromatic rings. The lowest BCUT2D eigenvalue weighted by atomic mass is 10.1. The van der Waals surface area contributed by atoms with E-state index in [1.807, 2.05) is 6.92 Å². The summed E-state index contributed by atoms with van der Waals surface area (Å²) in [4.78, 5) is 26.0. The van der Waals surface area contributed by atoms with Crippen LogP contribution in [-0.2, 0) is 14.6 Å². The summed E-state index contributed by atoms with van der Waals surface area (Å²) in [5.41, 5.74) is 0. The predicted octanol–water partition coefficient (Wildman–Crippen LogP) is 1.61. The second kappa shape index (κ2) is 9.03. The Labute approximate surface area is 148 Å². The lowest BCUT2D eigenvalue weighted by Gasteiger charge is -2.28. The number of hydrogen-bond acceptors (Lipinski definition) is 5. The number of hydrogen-bond donors (Lipinski definition) is 1. The molecule has 1 saturated heterocycles. The van der Waals surface area contributed by atoms with Crippen LogP contribution < -0.4 is 5.32 Å². The quantitative estimate of drug-likeness (QED) is 0.666. The Kier molecular flexibility index (Phi) is 7.04. The van der Waals surface area contributed by atoms with Crippen molar-refractivity contribution < 1.29 is 22.4 Å².